The highest BCUT2D eigenvalue weighted by molar-refractivity contribution is 8.13. The van der Waals surface area contributed by atoms with Crippen LogP contribution in [-0.4, -0.2) is 29.1 Å². The molecule has 0 N–H and O–H groups in total. The topological polar surface area (TPSA) is 32.7 Å². The maximum Gasteiger partial charge on any atom is 0.261 e. The van der Waals surface area contributed by atoms with Crippen molar-refractivity contribution in [3.8, 4) is 0 Å². The summed E-state index contributed by atoms with van der Waals surface area (Å²) in [6.07, 6.45) is 0. The van der Waals surface area contributed by atoms with Crippen LogP contribution in [0.2, 0.25) is 10.0 Å². The number of aliphatic imine (C=N–C) groups is 1. The second-order valence-corrected chi connectivity index (χ2v) is 6.74. The fourth-order valence-electron chi connectivity index (χ4n) is 2.28. The van der Waals surface area contributed by atoms with Gasteiger partial charge in [0.25, 0.3) is 5.91 Å². The molecule has 6 heteroatoms. The molecule has 0 unspecified atom stereocenters. The first-order valence-corrected chi connectivity index (χ1v) is 8.88. The standard InChI is InChI=1S/C17H14Cl2N2OS/c18-14-7-3-1-5-12(14)11-23-17-20-9-10-21(17)16(22)13-6-2-4-8-15(13)19/h1-8H,9-11H2. The van der Waals surface area contributed by atoms with Crippen LogP contribution in [0, 0.1) is 0 Å². The molecule has 0 saturated carbocycles. The van der Waals surface area contributed by atoms with E-state index in [-0.39, 0.29) is 5.91 Å². The van der Waals surface area contributed by atoms with Crippen molar-refractivity contribution in [2.45, 2.75) is 5.75 Å². The van der Waals surface area contributed by atoms with Gasteiger partial charge < -0.3 is 0 Å². The van der Waals surface area contributed by atoms with Gasteiger partial charge in [0.1, 0.15) is 0 Å². The molecule has 0 atom stereocenters. The second kappa shape index (κ2) is 7.39. The smallest absolute Gasteiger partial charge is 0.261 e. The Hall–Kier alpha value is -1.49. The van der Waals surface area contributed by atoms with Crippen LogP contribution in [0.25, 0.3) is 0 Å². The molecule has 3 rings (SSSR count). The molecule has 118 valence electrons. The Balaban J connectivity index is 1.72. The number of hydrogen-bond acceptors (Lipinski definition) is 3. The van der Waals surface area contributed by atoms with Crippen molar-refractivity contribution in [1.82, 2.24) is 4.90 Å². The van der Waals surface area contributed by atoms with Crippen LogP contribution >= 0.6 is 35.0 Å². The van der Waals surface area contributed by atoms with E-state index in [0.29, 0.717) is 29.4 Å². The van der Waals surface area contributed by atoms with Gasteiger partial charge in [-0.1, -0.05) is 65.3 Å². The number of amides is 1. The van der Waals surface area contributed by atoms with Crippen molar-refractivity contribution in [2.24, 2.45) is 4.99 Å². The maximum absolute atomic E-state index is 12.7. The lowest BCUT2D eigenvalue weighted by atomic mass is 10.2. The predicted octanol–water partition coefficient (Wildman–Crippen LogP) is 4.74. The Morgan fingerprint density at radius 3 is 2.52 bits per heavy atom. The third kappa shape index (κ3) is 3.71. The van der Waals surface area contributed by atoms with Crippen LogP contribution in [0.5, 0.6) is 0 Å². The van der Waals surface area contributed by atoms with Crippen molar-refractivity contribution in [3.05, 3.63) is 69.7 Å². The van der Waals surface area contributed by atoms with E-state index in [4.69, 9.17) is 23.2 Å². The lowest BCUT2D eigenvalue weighted by Crippen LogP contribution is -2.33. The normalized spacial score (nSPS) is 14.0. The molecule has 0 aromatic heterocycles. The molecule has 0 bridgehead atoms. The highest BCUT2D eigenvalue weighted by Gasteiger charge is 2.26. The van der Waals surface area contributed by atoms with E-state index in [1.54, 1.807) is 17.0 Å². The minimum atomic E-state index is -0.112. The van der Waals surface area contributed by atoms with Crippen molar-refractivity contribution >= 4 is 46.0 Å². The van der Waals surface area contributed by atoms with Gasteiger partial charge in [0.15, 0.2) is 5.17 Å². The molecule has 1 aliphatic rings. The number of hydrogen-bond donors (Lipinski definition) is 0. The van der Waals surface area contributed by atoms with E-state index in [2.05, 4.69) is 4.99 Å². The molecule has 23 heavy (non-hydrogen) atoms. The molecule has 2 aromatic carbocycles. The van der Waals surface area contributed by atoms with Crippen LogP contribution in [0.3, 0.4) is 0 Å². The van der Waals surface area contributed by atoms with E-state index >= 15 is 0 Å². The minimum Gasteiger partial charge on any atom is -0.286 e. The number of carbonyl (C=O) groups is 1. The van der Waals surface area contributed by atoms with E-state index in [9.17, 15) is 4.79 Å². The fraction of sp³-hybridized carbons (Fsp3) is 0.176. The van der Waals surface area contributed by atoms with Gasteiger partial charge in [-0.3, -0.25) is 14.7 Å². The second-order valence-electron chi connectivity index (χ2n) is 4.98. The van der Waals surface area contributed by atoms with Gasteiger partial charge in [0, 0.05) is 17.3 Å². The van der Waals surface area contributed by atoms with Gasteiger partial charge >= 0.3 is 0 Å². The monoisotopic (exact) mass is 364 g/mol. The molecule has 0 spiro atoms. The molecule has 1 aliphatic heterocycles. The van der Waals surface area contributed by atoms with Crippen LogP contribution in [0.15, 0.2) is 53.5 Å². The van der Waals surface area contributed by atoms with Gasteiger partial charge in [0.2, 0.25) is 0 Å². The third-order valence-electron chi connectivity index (χ3n) is 3.47. The Labute approximate surface area is 149 Å². The molecule has 0 saturated heterocycles. The number of halogens is 2. The van der Waals surface area contributed by atoms with Gasteiger partial charge in [-0.15, -0.1) is 0 Å². The summed E-state index contributed by atoms with van der Waals surface area (Å²) in [4.78, 5) is 18.8. The highest BCUT2D eigenvalue weighted by Crippen LogP contribution is 2.26. The Bertz CT molecular complexity index is 764. The van der Waals surface area contributed by atoms with Crippen molar-refractivity contribution < 1.29 is 4.79 Å². The summed E-state index contributed by atoms with van der Waals surface area (Å²) < 4.78 is 0. The van der Waals surface area contributed by atoms with Crippen LogP contribution in [-0.2, 0) is 5.75 Å². The van der Waals surface area contributed by atoms with Crippen LogP contribution < -0.4 is 0 Å². The highest BCUT2D eigenvalue weighted by atomic mass is 35.5. The Morgan fingerprint density at radius 2 is 1.78 bits per heavy atom. The molecule has 1 amide bonds. The van der Waals surface area contributed by atoms with Crippen LogP contribution in [0.1, 0.15) is 15.9 Å². The largest absolute Gasteiger partial charge is 0.286 e. The summed E-state index contributed by atoms with van der Waals surface area (Å²) in [7, 11) is 0. The molecule has 0 radical (unpaired) electrons. The van der Waals surface area contributed by atoms with Crippen molar-refractivity contribution in [3.63, 3.8) is 0 Å². The van der Waals surface area contributed by atoms with E-state index in [1.165, 1.54) is 11.8 Å². The van der Waals surface area contributed by atoms with E-state index < -0.39 is 0 Å². The lowest BCUT2D eigenvalue weighted by Gasteiger charge is -2.18. The minimum absolute atomic E-state index is 0.112. The van der Waals surface area contributed by atoms with Crippen molar-refractivity contribution in [2.75, 3.05) is 13.1 Å². The zero-order valence-corrected chi connectivity index (χ0v) is 14.5. The number of nitrogens with zero attached hydrogens (tertiary/aromatic N) is 2. The summed E-state index contributed by atoms with van der Waals surface area (Å²) in [5.41, 5.74) is 1.53. The summed E-state index contributed by atoms with van der Waals surface area (Å²) in [5.74, 6) is 0.559. The first-order valence-electron chi connectivity index (χ1n) is 7.14. The first-order chi connectivity index (χ1) is 11.2. The molecule has 3 nitrogen and oxygen atoms in total. The number of thioether (sulfide) groups is 1. The maximum atomic E-state index is 12.7. The van der Waals surface area contributed by atoms with Gasteiger partial charge in [-0.25, -0.2) is 0 Å². The first kappa shape index (κ1) is 16.4. The summed E-state index contributed by atoms with van der Waals surface area (Å²) in [6.45, 7) is 1.19. The van der Waals surface area contributed by atoms with Gasteiger partial charge in [-0.2, -0.15) is 0 Å². The number of benzene rings is 2. The third-order valence-corrected chi connectivity index (χ3v) is 5.23. The average Bonchev–Trinajstić information content (AvgIpc) is 3.02. The van der Waals surface area contributed by atoms with Crippen molar-refractivity contribution in [1.29, 1.82) is 0 Å². The molecule has 0 fully saturated rings. The SMILES string of the molecule is O=C(c1ccccc1Cl)N1CCN=C1SCc1ccccc1Cl. The Morgan fingerprint density at radius 1 is 1.09 bits per heavy atom. The fourth-order valence-corrected chi connectivity index (χ4v) is 3.82. The quantitative estimate of drug-likeness (QED) is 0.787. The van der Waals surface area contributed by atoms with Crippen LogP contribution in [0.4, 0.5) is 0 Å². The molecule has 0 aliphatic carbocycles. The number of rotatable bonds is 3. The number of amidine groups is 1. The summed E-state index contributed by atoms with van der Waals surface area (Å²) in [6, 6.07) is 14.8. The van der Waals surface area contributed by atoms with Gasteiger partial charge in [0.05, 0.1) is 17.1 Å². The van der Waals surface area contributed by atoms with E-state index in [1.807, 2.05) is 36.4 Å². The predicted molar refractivity (Wildman–Crippen MR) is 97.5 cm³/mol. The number of carbonyl (C=O) groups excluding carboxylic acids is 1. The Kier molecular flexibility index (Phi) is 5.26. The molecule has 1 heterocycles. The molecule has 2 aromatic rings. The molecular weight excluding hydrogens is 351 g/mol. The summed E-state index contributed by atoms with van der Waals surface area (Å²) in [5, 5.41) is 1.90. The zero-order valence-electron chi connectivity index (χ0n) is 12.2. The summed E-state index contributed by atoms with van der Waals surface area (Å²) >= 11 is 13.8. The van der Waals surface area contributed by atoms with Gasteiger partial charge in [-0.05, 0) is 23.8 Å². The van der Waals surface area contributed by atoms with E-state index in [0.717, 1.165) is 15.8 Å². The lowest BCUT2D eigenvalue weighted by molar-refractivity contribution is 0.0861. The average molecular weight is 365 g/mol. The zero-order chi connectivity index (χ0) is 16.2. The molecular formula is C17H14Cl2N2OS.